The maximum atomic E-state index is 12.9. The molecule has 0 saturated heterocycles. The molecule has 0 unspecified atom stereocenters. The van der Waals surface area contributed by atoms with Crippen molar-refractivity contribution in [2.24, 2.45) is 0 Å². The van der Waals surface area contributed by atoms with Gasteiger partial charge in [-0.25, -0.2) is 12.7 Å². The molecular weight excluding hydrogens is 388 g/mol. The van der Waals surface area contributed by atoms with Crippen molar-refractivity contribution in [1.29, 1.82) is 0 Å². The highest BCUT2D eigenvalue weighted by Crippen LogP contribution is 2.27. The summed E-state index contributed by atoms with van der Waals surface area (Å²) in [5.74, 6) is 0.625. The van der Waals surface area contributed by atoms with Gasteiger partial charge in [-0.3, -0.25) is 4.79 Å². The third-order valence-electron chi connectivity index (χ3n) is 4.31. The van der Waals surface area contributed by atoms with Crippen LogP contribution in [0.2, 0.25) is 0 Å². The number of nitrogens with zero attached hydrogens (tertiary/aromatic N) is 1. The van der Waals surface area contributed by atoms with E-state index in [9.17, 15) is 13.2 Å². The molecule has 0 aliphatic carbocycles. The topological polar surface area (TPSA) is 75.7 Å². The third-order valence-corrected chi connectivity index (χ3v) is 6.26. The van der Waals surface area contributed by atoms with Gasteiger partial charge in [0, 0.05) is 19.8 Å². The van der Waals surface area contributed by atoms with E-state index in [1.54, 1.807) is 55.5 Å². The molecule has 0 fully saturated rings. The van der Waals surface area contributed by atoms with Gasteiger partial charge < -0.3 is 10.1 Å². The van der Waals surface area contributed by atoms with Crippen LogP contribution in [0.5, 0.6) is 11.5 Å². The van der Waals surface area contributed by atoms with Crippen molar-refractivity contribution in [3.8, 4) is 11.5 Å². The number of hydrogen-bond donors (Lipinski definition) is 1. The van der Waals surface area contributed by atoms with Crippen LogP contribution in [0, 0.1) is 6.92 Å². The van der Waals surface area contributed by atoms with Gasteiger partial charge in [-0.1, -0.05) is 36.4 Å². The predicted octanol–water partition coefficient (Wildman–Crippen LogP) is 4.29. The van der Waals surface area contributed by atoms with Gasteiger partial charge in [0.15, 0.2) is 0 Å². The summed E-state index contributed by atoms with van der Waals surface area (Å²) >= 11 is 0. The molecule has 0 aliphatic rings. The SMILES string of the molecule is Cc1ccc(NC(=O)c2ccccc2Oc2ccccc2)cc1S(=O)(=O)N(C)C. The predicted molar refractivity (Wildman–Crippen MR) is 113 cm³/mol. The van der Waals surface area contributed by atoms with Crippen molar-refractivity contribution in [2.75, 3.05) is 19.4 Å². The number of hydrogen-bond acceptors (Lipinski definition) is 4. The highest BCUT2D eigenvalue weighted by atomic mass is 32.2. The second-order valence-corrected chi connectivity index (χ2v) is 8.75. The summed E-state index contributed by atoms with van der Waals surface area (Å²) in [6, 6.07) is 20.8. The van der Waals surface area contributed by atoms with Crippen molar-refractivity contribution in [3.63, 3.8) is 0 Å². The average Bonchev–Trinajstić information content (AvgIpc) is 2.70. The van der Waals surface area contributed by atoms with Gasteiger partial charge in [0.2, 0.25) is 10.0 Å². The zero-order chi connectivity index (χ0) is 21.0. The maximum absolute atomic E-state index is 12.9. The van der Waals surface area contributed by atoms with Gasteiger partial charge in [-0.15, -0.1) is 0 Å². The molecule has 0 heterocycles. The molecule has 0 atom stereocenters. The Kier molecular flexibility index (Phi) is 6.00. The van der Waals surface area contributed by atoms with Crippen molar-refractivity contribution in [3.05, 3.63) is 83.9 Å². The summed E-state index contributed by atoms with van der Waals surface area (Å²) in [7, 11) is -0.683. The Balaban J connectivity index is 1.88. The summed E-state index contributed by atoms with van der Waals surface area (Å²) in [4.78, 5) is 13.0. The van der Waals surface area contributed by atoms with E-state index < -0.39 is 15.9 Å². The van der Waals surface area contributed by atoms with Crippen LogP contribution in [-0.4, -0.2) is 32.7 Å². The number of sulfonamides is 1. The van der Waals surface area contributed by atoms with Crippen LogP contribution < -0.4 is 10.1 Å². The molecule has 0 bridgehead atoms. The highest BCUT2D eigenvalue weighted by Gasteiger charge is 2.21. The minimum atomic E-state index is -3.62. The minimum Gasteiger partial charge on any atom is -0.457 e. The fourth-order valence-corrected chi connectivity index (χ4v) is 3.85. The van der Waals surface area contributed by atoms with Gasteiger partial charge >= 0.3 is 0 Å². The minimum absolute atomic E-state index is 0.147. The van der Waals surface area contributed by atoms with Crippen LogP contribution in [0.15, 0.2) is 77.7 Å². The van der Waals surface area contributed by atoms with E-state index >= 15 is 0 Å². The molecule has 3 aromatic rings. The Morgan fingerprint density at radius 2 is 1.59 bits per heavy atom. The summed E-state index contributed by atoms with van der Waals surface area (Å²) in [5.41, 5.74) is 1.33. The first-order chi connectivity index (χ1) is 13.8. The number of nitrogens with one attached hydrogen (secondary N) is 1. The maximum Gasteiger partial charge on any atom is 0.259 e. The quantitative estimate of drug-likeness (QED) is 0.658. The smallest absolute Gasteiger partial charge is 0.259 e. The van der Waals surface area contributed by atoms with E-state index in [2.05, 4.69) is 5.32 Å². The number of para-hydroxylation sites is 2. The van der Waals surface area contributed by atoms with Crippen LogP contribution in [0.3, 0.4) is 0 Å². The van der Waals surface area contributed by atoms with Crippen LogP contribution in [0.4, 0.5) is 5.69 Å². The largest absolute Gasteiger partial charge is 0.457 e. The molecule has 29 heavy (non-hydrogen) atoms. The summed E-state index contributed by atoms with van der Waals surface area (Å²) in [6.07, 6.45) is 0. The molecule has 150 valence electrons. The summed E-state index contributed by atoms with van der Waals surface area (Å²) in [6.45, 7) is 1.71. The molecule has 3 aromatic carbocycles. The molecule has 0 saturated carbocycles. The monoisotopic (exact) mass is 410 g/mol. The van der Waals surface area contributed by atoms with E-state index in [-0.39, 0.29) is 4.90 Å². The summed E-state index contributed by atoms with van der Waals surface area (Å²) in [5, 5.41) is 2.76. The number of anilines is 1. The number of carbonyl (C=O) groups excluding carboxylic acids is 1. The van der Waals surface area contributed by atoms with Crippen LogP contribution in [0.25, 0.3) is 0 Å². The third kappa shape index (κ3) is 4.64. The molecule has 7 heteroatoms. The Labute approximate surface area is 170 Å². The van der Waals surface area contributed by atoms with E-state index in [0.717, 1.165) is 4.31 Å². The second kappa shape index (κ2) is 8.46. The van der Waals surface area contributed by atoms with E-state index in [1.807, 2.05) is 18.2 Å². The lowest BCUT2D eigenvalue weighted by Crippen LogP contribution is -2.23. The number of carbonyl (C=O) groups is 1. The van der Waals surface area contributed by atoms with Crippen LogP contribution in [0.1, 0.15) is 15.9 Å². The van der Waals surface area contributed by atoms with Gasteiger partial charge in [0.05, 0.1) is 10.5 Å². The van der Waals surface area contributed by atoms with Crippen molar-refractivity contribution in [2.45, 2.75) is 11.8 Å². The Morgan fingerprint density at radius 3 is 2.28 bits per heavy atom. The van der Waals surface area contributed by atoms with Crippen LogP contribution in [-0.2, 0) is 10.0 Å². The molecule has 0 aliphatic heterocycles. The average molecular weight is 410 g/mol. The number of amides is 1. The molecule has 3 rings (SSSR count). The molecule has 1 amide bonds. The Bertz CT molecular complexity index is 1130. The van der Waals surface area contributed by atoms with E-state index in [1.165, 1.54) is 20.2 Å². The van der Waals surface area contributed by atoms with E-state index in [0.29, 0.717) is 28.3 Å². The Morgan fingerprint density at radius 1 is 0.931 bits per heavy atom. The molecule has 1 N–H and O–H groups in total. The van der Waals surface area contributed by atoms with Gasteiger partial charge in [-0.2, -0.15) is 0 Å². The van der Waals surface area contributed by atoms with Crippen LogP contribution >= 0.6 is 0 Å². The highest BCUT2D eigenvalue weighted by molar-refractivity contribution is 7.89. The normalized spacial score (nSPS) is 11.3. The first-order valence-electron chi connectivity index (χ1n) is 8.95. The molecule has 0 spiro atoms. The molecule has 0 aromatic heterocycles. The molecule has 0 radical (unpaired) electrons. The fourth-order valence-electron chi connectivity index (χ4n) is 2.71. The zero-order valence-corrected chi connectivity index (χ0v) is 17.2. The first-order valence-corrected chi connectivity index (χ1v) is 10.4. The zero-order valence-electron chi connectivity index (χ0n) is 16.4. The van der Waals surface area contributed by atoms with Crippen molar-refractivity contribution < 1.29 is 17.9 Å². The first kappa shape index (κ1) is 20.6. The van der Waals surface area contributed by atoms with Gasteiger partial charge in [-0.05, 0) is 48.9 Å². The molecule has 6 nitrogen and oxygen atoms in total. The van der Waals surface area contributed by atoms with Crippen molar-refractivity contribution in [1.82, 2.24) is 4.31 Å². The lowest BCUT2D eigenvalue weighted by atomic mass is 10.1. The number of benzene rings is 3. The lowest BCUT2D eigenvalue weighted by molar-refractivity contribution is 0.102. The number of rotatable bonds is 6. The fraction of sp³-hybridized carbons (Fsp3) is 0.136. The Hall–Kier alpha value is -3.16. The van der Waals surface area contributed by atoms with Crippen molar-refractivity contribution >= 4 is 21.6 Å². The molecular formula is C22H22N2O4S. The number of aryl methyl sites for hydroxylation is 1. The lowest BCUT2D eigenvalue weighted by Gasteiger charge is -2.15. The second-order valence-electron chi connectivity index (χ2n) is 6.63. The van der Waals surface area contributed by atoms with E-state index in [4.69, 9.17) is 4.74 Å². The summed E-state index contributed by atoms with van der Waals surface area (Å²) < 4.78 is 32.0. The number of ether oxygens (including phenoxy) is 1. The van der Waals surface area contributed by atoms with Gasteiger partial charge in [0.1, 0.15) is 11.5 Å². The van der Waals surface area contributed by atoms with Gasteiger partial charge in [0.25, 0.3) is 5.91 Å². The standard InChI is InChI=1S/C22H22N2O4S/c1-16-13-14-17(15-21(16)29(26,27)24(2)3)23-22(25)19-11-7-8-12-20(19)28-18-9-5-4-6-10-18/h4-15H,1-3H3,(H,23,25).